The Morgan fingerprint density at radius 2 is 2.28 bits per heavy atom. The van der Waals surface area contributed by atoms with Crippen LogP contribution in [0.1, 0.15) is 31.0 Å². The zero-order valence-corrected chi connectivity index (χ0v) is 10.8. The number of ether oxygens (including phenoxy) is 1. The number of rotatable bonds is 3. The molecule has 1 aliphatic heterocycles. The maximum absolute atomic E-state index is 13.4. The predicted molar refractivity (Wildman–Crippen MR) is 66.6 cm³/mol. The van der Waals surface area contributed by atoms with Crippen LogP contribution in [0.25, 0.3) is 0 Å². The Morgan fingerprint density at radius 3 is 2.94 bits per heavy atom. The number of hydrogen-bond acceptors (Lipinski definition) is 5. The fraction of sp³-hybridized carbons (Fsp3) is 0.667. The Labute approximate surface area is 106 Å². The van der Waals surface area contributed by atoms with Crippen molar-refractivity contribution in [3.05, 3.63) is 17.3 Å². The van der Waals surface area contributed by atoms with Crippen LogP contribution in [0, 0.1) is 12.7 Å². The van der Waals surface area contributed by atoms with Gasteiger partial charge in [-0.1, -0.05) is 6.92 Å². The SMILES string of the molecule is CCCN1CCOC(c2nc(C)c(F)c(N)n2)C1. The van der Waals surface area contributed by atoms with Gasteiger partial charge in [-0.3, -0.25) is 4.90 Å². The number of anilines is 1. The second-order valence-electron chi connectivity index (χ2n) is 4.53. The van der Waals surface area contributed by atoms with Gasteiger partial charge in [0.15, 0.2) is 17.5 Å². The van der Waals surface area contributed by atoms with Crippen LogP contribution in [-0.2, 0) is 4.74 Å². The van der Waals surface area contributed by atoms with E-state index in [1.54, 1.807) is 6.92 Å². The smallest absolute Gasteiger partial charge is 0.186 e. The number of halogens is 1. The molecule has 1 aromatic rings. The van der Waals surface area contributed by atoms with E-state index < -0.39 is 5.82 Å². The second kappa shape index (κ2) is 5.58. The van der Waals surface area contributed by atoms with Crippen LogP contribution in [0.4, 0.5) is 10.2 Å². The van der Waals surface area contributed by atoms with Gasteiger partial charge in [-0.25, -0.2) is 14.4 Å². The van der Waals surface area contributed by atoms with Crippen molar-refractivity contribution in [3.8, 4) is 0 Å². The summed E-state index contributed by atoms with van der Waals surface area (Å²) in [6, 6.07) is 0. The molecule has 0 aliphatic carbocycles. The van der Waals surface area contributed by atoms with Crippen molar-refractivity contribution in [2.45, 2.75) is 26.4 Å². The molecule has 6 heteroatoms. The standard InChI is InChI=1S/C12H19FN4O/c1-3-4-17-5-6-18-9(7-17)12-15-8(2)10(13)11(14)16-12/h9H,3-7H2,1-2H3,(H2,14,15,16). The number of nitrogens with two attached hydrogens (primary N) is 1. The highest BCUT2D eigenvalue weighted by Crippen LogP contribution is 2.21. The molecule has 0 aromatic carbocycles. The van der Waals surface area contributed by atoms with E-state index in [1.807, 2.05) is 0 Å². The highest BCUT2D eigenvalue weighted by molar-refractivity contribution is 5.32. The molecule has 1 unspecified atom stereocenters. The van der Waals surface area contributed by atoms with Gasteiger partial charge in [0.05, 0.1) is 12.3 Å². The monoisotopic (exact) mass is 254 g/mol. The molecule has 1 fully saturated rings. The molecule has 1 atom stereocenters. The summed E-state index contributed by atoms with van der Waals surface area (Å²) in [5, 5.41) is 0. The molecule has 1 aliphatic rings. The first kappa shape index (κ1) is 13.2. The number of aromatic nitrogens is 2. The molecule has 0 saturated carbocycles. The Hall–Kier alpha value is -1.27. The van der Waals surface area contributed by atoms with Crippen molar-refractivity contribution in [2.24, 2.45) is 0 Å². The van der Waals surface area contributed by atoms with E-state index in [9.17, 15) is 4.39 Å². The Kier molecular flexibility index (Phi) is 4.08. The molecule has 18 heavy (non-hydrogen) atoms. The topological polar surface area (TPSA) is 64.3 Å². The molecule has 0 spiro atoms. The maximum Gasteiger partial charge on any atom is 0.186 e. The Bertz CT molecular complexity index is 402. The van der Waals surface area contributed by atoms with E-state index in [4.69, 9.17) is 10.5 Å². The van der Waals surface area contributed by atoms with Crippen molar-refractivity contribution in [3.63, 3.8) is 0 Å². The van der Waals surface area contributed by atoms with E-state index in [0.29, 0.717) is 12.4 Å². The summed E-state index contributed by atoms with van der Waals surface area (Å²) < 4.78 is 19.0. The molecule has 2 N–H and O–H groups in total. The van der Waals surface area contributed by atoms with Crippen LogP contribution >= 0.6 is 0 Å². The van der Waals surface area contributed by atoms with E-state index in [-0.39, 0.29) is 17.6 Å². The summed E-state index contributed by atoms with van der Waals surface area (Å²) in [7, 11) is 0. The lowest BCUT2D eigenvalue weighted by Gasteiger charge is -2.31. The van der Waals surface area contributed by atoms with Gasteiger partial charge in [0.25, 0.3) is 0 Å². The molecular formula is C12H19FN4O. The number of hydrogen-bond donors (Lipinski definition) is 1. The summed E-state index contributed by atoms with van der Waals surface area (Å²) in [5.74, 6) is -0.166. The van der Waals surface area contributed by atoms with Gasteiger partial charge < -0.3 is 10.5 Å². The van der Waals surface area contributed by atoms with Gasteiger partial charge in [0.1, 0.15) is 6.10 Å². The number of morpholine rings is 1. The van der Waals surface area contributed by atoms with E-state index in [0.717, 1.165) is 26.1 Å². The second-order valence-corrected chi connectivity index (χ2v) is 4.53. The minimum atomic E-state index is -0.542. The third-order valence-corrected chi connectivity index (χ3v) is 3.04. The first-order valence-electron chi connectivity index (χ1n) is 6.25. The zero-order valence-electron chi connectivity index (χ0n) is 10.8. The average molecular weight is 254 g/mol. The molecule has 2 heterocycles. The van der Waals surface area contributed by atoms with Crippen LogP contribution in [0.3, 0.4) is 0 Å². The van der Waals surface area contributed by atoms with Gasteiger partial charge in [0.2, 0.25) is 0 Å². The summed E-state index contributed by atoms with van der Waals surface area (Å²) in [6.45, 7) is 7.04. The Morgan fingerprint density at radius 1 is 1.50 bits per heavy atom. The average Bonchev–Trinajstić information content (AvgIpc) is 2.36. The predicted octanol–water partition coefficient (Wildman–Crippen LogP) is 1.29. The molecule has 5 nitrogen and oxygen atoms in total. The normalized spacial score (nSPS) is 21.2. The summed E-state index contributed by atoms with van der Waals surface area (Å²) in [6.07, 6.45) is 0.880. The zero-order chi connectivity index (χ0) is 13.1. The van der Waals surface area contributed by atoms with Gasteiger partial charge >= 0.3 is 0 Å². The van der Waals surface area contributed by atoms with Crippen LogP contribution in [0.2, 0.25) is 0 Å². The van der Waals surface area contributed by atoms with E-state index >= 15 is 0 Å². The number of nitrogens with zero attached hydrogens (tertiary/aromatic N) is 3. The minimum Gasteiger partial charge on any atom is -0.381 e. The van der Waals surface area contributed by atoms with E-state index in [1.165, 1.54) is 0 Å². The highest BCUT2D eigenvalue weighted by Gasteiger charge is 2.25. The maximum atomic E-state index is 13.4. The van der Waals surface area contributed by atoms with Crippen molar-refractivity contribution in [1.82, 2.24) is 14.9 Å². The lowest BCUT2D eigenvalue weighted by Crippen LogP contribution is -2.39. The fourth-order valence-electron chi connectivity index (χ4n) is 2.13. The highest BCUT2D eigenvalue weighted by atomic mass is 19.1. The molecule has 1 saturated heterocycles. The van der Waals surface area contributed by atoms with Crippen molar-refractivity contribution in [2.75, 3.05) is 32.0 Å². The number of nitrogen functional groups attached to an aromatic ring is 1. The molecule has 2 rings (SSSR count). The minimum absolute atomic E-state index is 0.103. The first-order chi connectivity index (χ1) is 8.61. The quantitative estimate of drug-likeness (QED) is 0.880. The van der Waals surface area contributed by atoms with Crippen LogP contribution in [0.5, 0.6) is 0 Å². The van der Waals surface area contributed by atoms with Gasteiger partial charge in [-0.15, -0.1) is 0 Å². The van der Waals surface area contributed by atoms with Crippen molar-refractivity contribution < 1.29 is 9.13 Å². The number of aryl methyl sites for hydroxylation is 1. The largest absolute Gasteiger partial charge is 0.381 e. The summed E-state index contributed by atoms with van der Waals surface area (Å²) in [4.78, 5) is 10.4. The molecule has 1 aromatic heterocycles. The van der Waals surface area contributed by atoms with Crippen LogP contribution in [0.15, 0.2) is 0 Å². The molecule has 0 amide bonds. The third-order valence-electron chi connectivity index (χ3n) is 3.04. The lowest BCUT2D eigenvalue weighted by atomic mass is 10.2. The molecular weight excluding hydrogens is 235 g/mol. The van der Waals surface area contributed by atoms with Crippen molar-refractivity contribution in [1.29, 1.82) is 0 Å². The molecule has 0 radical (unpaired) electrons. The van der Waals surface area contributed by atoms with E-state index in [2.05, 4.69) is 21.8 Å². The third kappa shape index (κ3) is 2.76. The van der Waals surface area contributed by atoms with Crippen LogP contribution < -0.4 is 5.73 Å². The summed E-state index contributed by atoms with van der Waals surface area (Å²) >= 11 is 0. The van der Waals surface area contributed by atoms with Gasteiger partial charge in [-0.2, -0.15) is 0 Å². The molecule has 100 valence electrons. The Balaban J connectivity index is 2.15. The lowest BCUT2D eigenvalue weighted by molar-refractivity contribution is -0.0342. The van der Waals surface area contributed by atoms with Crippen LogP contribution in [-0.4, -0.2) is 41.1 Å². The van der Waals surface area contributed by atoms with Crippen molar-refractivity contribution >= 4 is 5.82 Å². The molecule has 0 bridgehead atoms. The van der Waals surface area contributed by atoms with Gasteiger partial charge in [0, 0.05) is 13.1 Å². The first-order valence-corrected chi connectivity index (χ1v) is 6.25. The van der Waals surface area contributed by atoms with Gasteiger partial charge in [-0.05, 0) is 19.9 Å². The summed E-state index contributed by atoms with van der Waals surface area (Å²) in [5.41, 5.74) is 5.80. The fourth-order valence-corrected chi connectivity index (χ4v) is 2.13.